The first-order valence-corrected chi connectivity index (χ1v) is 9.10. The fourth-order valence-corrected chi connectivity index (χ4v) is 3.32. The van der Waals surface area contributed by atoms with Gasteiger partial charge in [0.2, 0.25) is 5.91 Å². The molecule has 1 saturated heterocycles. The molecule has 1 aliphatic heterocycles. The minimum Gasteiger partial charge on any atom is -0.492 e. The number of aryl methyl sites for hydroxylation is 2. The van der Waals surface area contributed by atoms with Gasteiger partial charge in [-0.25, -0.2) is 0 Å². The molecule has 0 N–H and O–H groups in total. The van der Waals surface area contributed by atoms with Crippen molar-refractivity contribution in [1.29, 1.82) is 0 Å². The molecule has 0 radical (unpaired) electrons. The molecule has 6 heteroatoms. The zero-order chi connectivity index (χ0) is 18.5. The van der Waals surface area contributed by atoms with Crippen LogP contribution >= 0.6 is 0 Å². The molecule has 140 valence electrons. The first-order chi connectivity index (χ1) is 12.6. The molecular formula is C20H27N3O3. The van der Waals surface area contributed by atoms with E-state index in [1.807, 2.05) is 51.4 Å². The number of aromatic nitrogens is 2. The molecule has 0 spiro atoms. The molecule has 2 atom stereocenters. The van der Waals surface area contributed by atoms with E-state index in [0.29, 0.717) is 19.8 Å². The van der Waals surface area contributed by atoms with Crippen LogP contribution in [-0.2, 0) is 16.6 Å². The number of hydrogen-bond donors (Lipinski definition) is 0. The van der Waals surface area contributed by atoms with E-state index < -0.39 is 0 Å². The predicted octanol–water partition coefficient (Wildman–Crippen LogP) is 2.73. The molecule has 1 fully saturated rings. The molecule has 1 aliphatic rings. The summed E-state index contributed by atoms with van der Waals surface area (Å²) in [5, 5.41) is 4.21. The number of hydrogen-bond acceptors (Lipinski definition) is 4. The predicted molar refractivity (Wildman–Crippen MR) is 98.9 cm³/mol. The Kier molecular flexibility index (Phi) is 5.93. The number of benzene rings is 1. The minimum atomic E-state index is -0.232. The molecule has 2 heterocycles. The second-order valence-corrected chi connectivity index (χ2v) is 6.84. The molecule has 1 amide bonds. The monoisotopic (exact) mass is 357 g/mol. The van der Waals surface area contributed by atoms with Crippen molar-refractivity contribution < 1.29 is 14.3 Å². The average Bonchev–Trinajstić information content (AvgIpc) is 3.08. The summed E-state index contributed by atoms with van der Waals surface area (Å²) in [7, 11) is 3.71. The number of carbonyl (C=O) groups excluding carboxylic acids is 1. The molecule has 6 nitrogen and oxygen atoms in total. The van der Waals surface area contributed by atoms with E-state index in [1.165, 1.54) is 5.56 Å². The van der Waals surface area contributed by atoms with Gasteiger partial charge in [0.15, 0.2) is 0 Å². The van der Waals surface area contributed by atoms with E-state index in [0.717, 1.165) is 24.3 Å². The third kappa shape index (κ3) is 4.25. The normalized spacial score (nSPS) is 20.0. The SMILES string of the molecule is Cc1ccc(OCCN(C)C(=O)[C@@H]2CCCO[C@H]2c2ccnn2C)cc1. The van der Waals surface area contributed by atoms with Crippen LogP contribution < -0.4 is 4.74 Å². The highest BCUT2D eigenvalue weighted by molar-refractivity contribution is 5.79. The number of carbonyl (C=O) groups is 1. The smallest absolute Gasteiger partial charge is 0.228 e. The lowest BCUT2D eigenvalue weighted by atomic mass is 9.91. The average molecular weight is 357 g/mol. The van der Waals surface area contributed by atoms with Gasteiger partial charge >= 0.3 is 0 Å². The number of nitrogens with zero attached hydrogens (tertiary/aromatic N) is 3. The van der Waals surface area contributed by atoms with E-state index in [2.05, 4.69) is 5.10 Å². The van der Waals surface area contributed by atoms with Crippen LogP contribution in [0, 0.1) is 12.8 Å². The molecule has 1 aromatic heterocycles. The topological polar surface area (TPSA) is 56.6 Å². The minimum absolute atomic E-state index is 0.100. The van der Waals surface area contributed by atoms with Crippen LogP contribution in [-0.4, -0.2) is 47.4 Å². The van der Waals surface area contributed by atoms with Crippen molar-refractivity contribution in [1.82, 2.24) is 14.7 Å². The van der Waals surface area contributed by atoms with Gasteiger partial charge < -0.3 is 14.4 Å². The van der Waals surface area contributed by atoms with E-state index in [-0.39, 0.29) is 17.9 Å². The lowest BCUT2D eigenvalue weighted by Gasteiger charge is -2.33. The third-order valence-electron chi connectivity index (χ3n) is 4.88. The zero-order valence-corrected chi connectivity index (χ0v) is 15.7. The van der Waals surface area contributed by atoms with Crippen LogP contribution in [0.3, 0.4) is 0 Å². The number of amides is 1. The molecule has 3 rings (SSSR count). The maximum atomic E-state index is 13.0. The molecule has 1 aromatic carbocycles. The van der Waals surface area contributed by atoms with Gasteiger partial charge in [-0.05, 0) is 38.0 Å². The van der Waals surface area contributed by atoms with Gasteiger partial charge in [-0.2, -0.15) is 5.10 Å². The molecule has 0 unspecified atom stereocenters. The standard InChI is InChI=1S/C20H27N3O3/c1-15-6-8-16(9-7-15)25-14-12-22(2)20(24)17-5-4-13-26-19(17)18-10-11-21-23(18)3/h6-11,17,19H,4-5,12-14H2,1-3H3/t17-,19-/m1/s1. The second-order valence-electron chi connectivity index (χ2n) is 6.84. The quantitative estimate of drug-likeness (QED) is 0.798. The first kappa shape index (κ1) is 18.5. The summed E-state index contributed by atoms with van der Waals surface area (Å²) in [4.78, 5) is 14.7. The van der Waals surface area contributed by atoms with Crippen molar-refractivity contribution in [2.75, 3.05) is 26.8 Å². The van der Waals surface area contributed by atoms with E-state index in [4.69, 9.17) is 9.47 Å². The largest absolute Gasteiger partial charge is 0.492 e. The summed E-state index contributed by atoms with van der Waals surface area (Å²) in [6, 6.07) is 9.86. The molecule has 0 saturated carbocycles. The lowest BCUT2D eigenvalue weighted by Crippen LogP contribution is -2.40. The second kappa shape index (κ2) is 8.36. The van der Waals surface area contributed by atoms with Gasteiger partial charge in [-0.15, -0.1) is 0 Å². The van der Waals surface area contributed by atoms with Crippen molar-refractivity contribution in [3.8, 4) is 5.75 Å². The van der Waals surface area contributed by atoms with Crippen molar-refractivity contribution in [3.05, 3.63) is 47.8 Å². The van der Waals surface area contributed by atoms with Crippen molar-refractivity contribution in [2.45, 2.75) is 25.9 Å². The Morgan fingerprint density at radius 3 is 2.81 bits per heavy atom. The highest BCUT2D eigenvalue weighted by Gasteiger charge is 2.36. The Balaban J connectivity index is 1.57. The van der Waals surface area contributed by atoms with Crippen LogP contribution in [0.2, 0.25) is 0 Å². The van der Waals surface area contributed by atoms with Crippen LogP contribution in [0.25, 0.3) is 0 Å². The summed E-state index contributed by atoms with van der Waals surface area (Å²) >= 11 is 0. The third-order valence-corrected chi connectivity index (χ3v) is 4.88. The molecular weight excluding hydrogens is 330 g/mol. The van der Waals surface area contributed by atoms with Crippen LogP contribution in [0.5, 0.6) is 5.75 Å². The Morgan fingerprint density at radius 2 is 2.12 bits per heavy atom. The van der Waals surface area contributed by atoms with Crippen molar-refractivity contribution in [2.24, 2.45) is 13.0 Å². The van der Waals surface area contributed by atoms with Gasteiger partial charge in [-0.1, -0.05) is 17.7 Å². The number of ether oxygens (including phenoxy) is 2. The number of rotatable bonds is 6. The summed E-state index contributed by atoms with van der Waals surface area (Å²) in [5.41, 5.74) is 2.15. The maximum Gasteiger partial charge on any atom is 0.228 e. The number of likely N-dealkylation sites (N-methyl/N-ethyl adjacent to an activating group) is 1. The fraction of sp³-hybridized carbons (Fsp3) is 0.500. The lowest BCUT2D eigenvalue weighted by molar-refractivity contribution is -0.144. The van der Waals surface area contributed by atoms with E-state index >= 15 is 0 Å². The van der Waals surface area contributed by atoms with Crippen LogP contribution in [0.4, 0.5) is 0 Å². The molecule has 2 aromatic rings. The Hall–Kier alpha value is -2.34. The highest BCUT2D eigenvalue weighted by atomic mass is 16.5. The van der Waals surface area contributed by atoms with Gasteiger partial charge in [0.1, 0.15) is 18.5 Å². The molecule has 0 bridgehead atoms. The van der Waals surface area contributed by atoms with Gasteiger partial charge in [0.25, 0.3) is 0 Å². The summed E-state index contributed by atoms with van der Waals surface area (Å²) < 4.78 is 13.5. The Labute approximate surface area is 154 Å². The van der Waals surface area contributed by atoms with Crippen LogP contribution in [0.1, 0.15) is 30.2 Å². The van der Waals surface area contributed by atoms with Gasteiger partial charge in [0.05, 0.1) is 18.2 Å². The van der Waals surface area contributed by atoms with Gasteiger partial charge in [0, 0.05) is 26.9 Å². The maximum absolute atomic E-state index is 13.0. The molecule has 0 aliphatic carbocycles. The van der Waals surface area contributed by atoms with Crippen LogP contribution in [0.15, 0.2) is 36.5 Å². The summed E-state index contributed by atoms with van der Waals surface area (Å²) in [5.74, 6) is 0.747. The first-order valence-electron chi connectivity index (χ1n) is 9.10. The van der Waals surface area contributed by atoms with Gasteiger partial charge in [-0.3, -0.25) is 9.48 Å². The van der Waals surface area contributed by atoms with Crippen molar-refractivity contribution >= 4 is 5.91 Å². The summed E-state index contributed by atoms with van der Waals surface area (Å²) in [6.45, 7) is 3.73. The molecule has 26 heavy (non-hydrogen) atoms. The summed E-state index contributed by atoms with van der Waals surface area (Å²) in [6.07, 6.45) is 3.24. The Morgan fingerprint density at radius 1 is 1.35 bits per heavy atom. The zero-order valence-electron chi connectivity index (χ0n) is 15.7. The Bertz CT molecular complexity index is 726. The van der Waals surface area contributed by atoms with E-state index in [9.17, 15) is 4.79 Å². The highest BCUT2D eigenvalue weighted by Crippen LogP contribution is 2.34. The van der Waals surface area contributed by atoms with Crippen molar-refractivity contribution in [3.63, 3.8) is 0 Å². The fourth-order valence-electron chi connectivity index (χ4n) is 3.32. The van der Waals surface area contributed by atoms with E-state index in [1.54, 1.807) is 15.8 Å².